The number of para-hydroxylation sites is 1. The highest BCUT2D eigenvalue weighted by molar-refractivity contribution is 5.75. The summed E-state index contributed by atoms with van der Waals surface area (Å²) in [5.41, 5.74) is 2.14. The molecule has 0 aliphatic heterocycles. The van der Waals surface area contributed by atoms with Crippen LogP contribution in [0.4, 0.5) is 0 Å². The lowest BCUT2D eigenvalue weighted by atomic mass is 10.0. The smallest absolute Gasteiger partial charge is 0.315 e. The van der Waals surface area contributed by atoms with Crippen LogP contribution in [-0.2, 0) is 17.6 Å². The second kappa shape index (κ2) is 19.2. The molecule has 2 rings (SSSR count). The number of carbonyl (C=O) groups excluding carboxylic acids is 1. The molecule has 188 valence electrons. The zero-order chi connectivity index (χ0) is 24.1. The Balaban J connectivity index is 1.47. The molecule has 0 spiro atoms. The Labute approximate surface area is 209 Å². The fourth-order valence-corrected chi connectivity index (χ4v) is 4.59. The highest BCUT2D eigenvalue weighted by atomic mass is 16.5. The average Bonchev–Trinajstić information content (AvgIpc) is 2.85. The minimum absolute atomic E-state index is 0.189. The topological polar surface area (TPSA) is 26.3 Å². The van der Waals surface area contributed by atoms with Gasteiger partial charge >= 0.3 is 5.97 Å². The van der Waals surface area contributed by atoms with E-state index in [9.17, 15) is 4.79 Å². The summed E-state index contributed by atoms with van der Waals surface area (Å²) in [5, 5.41) is 0. The second-order valence-electron chi connectivity index (χ2n) is 9.80. The summed E-state index contributed by atoms with van der Waals surface area (Å²) in [6, 6.07) is 17.8. The maximum atomic E-state index is 12.3. The minimum Gasteiger partial charge on any atom is -0.426 e. The van der Waals surface area contributed by atoms with Crippen LogP contribution in [0.25, 0.3) is 0 Å². The lowest BCUT2D eigenvalue weighted by Gasteiger charge is -2.10. The molecule has 0 saturated heterocycles. The first-order valence-corrected chi connectivity index (χ1v) is 14.1. The Hall–Kier alpha value is -2.09. The van der Waals surface area contributed by atoms with Crippen molar-refractivity contribution in [2.24, 2.45) is 0 Å². The van der Waals surface area contributed by atoms with Crippen LogP contribution in [0, 0.1) is 0 Å². The van der Waals surface area contributed by atoms with Gasteiger partial charge in [-0.15, -0.1) is 0 Å². The fourth-order valence-electron chi connectivity index (χ4n) is 4.59. The molecule has 0 fully saturated rings. The van der Waals surface area contributed by atoms with Crippen LogP contribution in [0.5, 0.6) is 5.75 Å². The van der Waals surface area contributed by atoms with Gasteiger partial charge in [0.2, 0.25) is 0 Å². The molecule has 0 heterocycles. The van der Waals surface area contributed by atoms with Crippen molar-refractivity contribution in [2.75, 3.05) is 0 Å². The molecule has 2 heteroatoms. The molecule has 34 heavy (non-hydrogen) atoms. The zero-order valence-corrected chi connectivity index (χ0v) is 21.7. The molecule has 0 aromatic heterocycles. The number of esters is 1. The van der Waals surface area contributed by atoms with Gasteiger partial charge in [0.25, 0.3) is 0 Å². The molecule has 2 aromatic rings. The third kappa shape index (κ3) is 13.6. The van der Waals surface area contributed by atoms with E-state index in [-0.39, 0.29) is 5.97 Å². The molecule has 0 saturated carbocycles. The van der Waals surface area contributed by atoms with Crippen LogP contribution < -0.4 is 4.74 Å². The van der Waals surface area contributed by atoms with Crippen molar-refractivity contribution < 1.29 is 9.53 Å². The monoisotopic (exact) mass is 464 g/mol. The first kappa shape index (κ1) is 28.1. The molecule has 0 aliphatic carbocycles. The van der Waals surface area contributed by atoms with Gasteiger partial charge in [0, 0.05) is 0 Å². The van der Waals surface area contributed by atoms with Crippen molar-refractivity contribution in [1.82, 2.24) is 0 Å². The summed E-state index contributed by atoms with van der Waals surface area (Å²) in [4.78, 5) is 12.3. The predicted octanol–water partition coefficient (Wildman–Crippen LogP) is 9.64. The predicted molar refractivity (Wildman–Crippen MR) is 145 cm³/mol. The normalized spacial score (nSPS) is 11.0. The summed E-state index contributed by atoms with van der Waals surface area (Å²) >= 11 is 0. The lowest BCUT2D eigenvalue weighted by Crippen LogP contribution is -2.12. The zero-order valence-electron chi connectivity index (χ0n) is 21.7. The summed E-state index contributed by atoms with van der Waals surface area (Å²) in [6.07, 6.45) is 23.4. The molecule has 0 atom stereocenters. The number of rotatable bonds is 20. The van der Waals surface area contributed by atoms with Crippen molar-refractivity contribution in [3.05, 3.63) is 65.7 Å². The molecular weight excluding hydrogens is 416 g/mol. The van der Waals surface area contributed by atoms with Gasteiger partial charge in [0.1, 0.15) is 5.75 Å². The van der Waals surface area contributed by atoms with Gasteiger partial charge in [-0.1, -0.05) is 152 Å². The summed E-state index contributed by atoms with van der Waals surface area (Å²) in [6.45, 7) is 2.29. The third-order valence-electron chi connectivity index (χ3n) is 6.69. The molecule has 0 radical (unpaired) electrons. The highest BCUT2D eigenvalue weighted by Gasteiger charge is 2.10. The number of hydrogen-bond donors (Lipinski definition) is 0. The summed E-state index contributed by atoms with van der Waals surface area (Å²) < 4.78 is 5.69. The minimum atomic E-state index is -0.189. The van der Waals surface area contributed by atoms with Crippen LogP contribution >= 0.6 is 0 Å². The van der Waals surface area contributed by atoms with Crippen LogP contribution in [0.2, 0.25) is 0 Å². The molecule has 2 nitrogen and oxygen atoms in total. The first-order valence-electron chi connectivity index (χ1n) is 14.1. The van der Waals surface area contributed by atoms with E-state index in [0.29, 0.717) is 6.42 Å². The van der Waals surface area contributed by atoms with E-state index in [4.69, 9.17) is 4.74 Å². The second-order valence-corrected chi connectivity index (χ2v) is 9.80. The van der Waals surface area contributed by atoms with E-state index in [1.165, 1.54) is 96.3 Å². The molecule has 0 unspecified atom stereocenters. The standard InChI is InChI=1S/C32H48O2/c1-2-3-4-5-6-7-8-9-10-11-12-13-14-15-16-20-25-30-26-21-22-27-31(30)34-32(33)28-29-23-18-17-19-24-29/h17-19,21-24,26-27H,2-16,20,25,28H2,1H3. The number of hydrogen-bond acceptors (Lipinski definition) is 2. The Bertz CT molecular complexity index is 753. The van der Waals surface area contributed by atoms with Gasteiger partial charge in [0.05, 0.1) is 6.42 Å². The van der Waals surface area contributed by atoms with E-state index < -0.39 is 0 Å². The van der Waals surface area contributed by atoms with Gasteiger partial charge in [0.15, 0.2) is 0 Å². The van der Waals surface area contributed by atoms with Crippen LogP contribution in [0.1, 0.15) is 121 Å². The van der Waals surface area contributed by atoms with E-state index in [1.54, 1.807) is 0 Å². The molecule has 0 bridgehead atoms. The van der Waals surface area contributed by atoms with Crippen LogP contribution in [0.3, 0.4) is 0 Å². The number of carbonyl (C=O) groups is 1. The van der Waals surface area contributed by atoms with E-state index >= 15 is 0 Å². The maximum Gasteiger partial charge on any atom is 0.315 e. The number of aryl methyl sites for hydroxylation is 1. The van der Waals surface area contributed by atoms with Gasteiger partial charge in [-0.2, -0.15) is 0 Å². The van der Waals surface area contributed by atoms with Crippen molar-refractivity contribution >= 4 is 5.97 Å². The van der Waals surface area contributed by atoms with E-state index in [0.717, 1.165) is 29.7 Å². The molecule has 0 N–H and O–H groups in total. The largest absolute Gasteiger partial charge is 0.426 e. The Morgan fingerprint density at radius 3 is 1.62 bits per heavy atom. The molecule has 2 aromatic carbocycles. The highest BCUT2D eigenvalue weighted by Crippen LogP contribution is 2.22. The van der Waals surface area contributed by atoms with Crippen LogP contribution in [-0.4, -0.2) is 5.97 Å². The van der Waals surface area contributed by atoms with E-state index in [1.807, 2.05) is 48.5 Å². The quantitative estimate of drug-likeness (QED) is 0.111. The molecule has 0 aliphatic rings. The van der Waals surface area contributed by atoms with E-state index in [2.05, 4.69) is 13.0 Å². The van der Waals surface area contributed by atoms with Gasteiger partial charge in [-0.05, 0) is 30.0 Å². The molecular formula is C32H48O2. The lowest BCUT2D eigenvalue weighted by molar-refractivity contribution is -0.133. The number of benzene rings is 2. The summed E-state index contributed by atoms with van der Waals surface area (Å²) in [5.74, 6) is 0.537. The Morgan fingerprint density at radius 2 is 1.06 bits per heavy atom. The Morgan fingerprint density at radius 1 is 0.588 bits per heavy atom. The molecule has 0 amide bonds. The van der Waals surface area contributed by atoms with Crippen molar-refractivity contribution in [3.8, 4) is 5.75 Å². The fraction of sp³-hybridized carbons (Fsp3) is 0.594. The SMILES string of the molecule is CCCCCCCCCCCCCCCCCCc1ccccc1OC(=O)Cc1ccccc1. The van der Waals surface area contributed by atoms with Gasteiger partial charge in [-0.3, -0.25) is 4.79 Å². The van der Waals surface area contributed by atoms with Crippen molar-refractivity contribution in [1.29, 1.82) is 0 Å². The third-order valence-corrected chi connectivity index (χ3v) is 6.69. The number of unbranched alkanes of at least 4 members (excludes halogenated alkanes) is 15. The van der Waals surface area contributed by atoms with Crippen molar-refractivity contribution in [2.45, 2.75) is 122 Å². The van der Waals surface area contributed by atoms with Crippen molar-refractivity contribution in [3.63, 3.8) is 0 Å². The summed E-state index contributed by atoms with van der Waals surface area (Å²) in [7, 11) is 0. The maximum absolute atomic E-state index is 12.3. The average molecular weight is 465 g/mol. The number of ether oxygens (including phenoxy) is 1. The Kier molecular flexibility index (Phi) is 15.9. The van der Waals surface area contributed by atoms with Gasteiger partial charge < -0.3 is 4.74 Å². The first-order chi connectivity index (χ1) is 16.8. The van der Waals surface area contributed by atoms with Gasteiger partial charge in [-0.25, -0.2) is 0 Å². The van der Waals surface area contributed by atoms with Crippen LogP contribution in [0.15, 0.2) is 54.6 Å².